The molecule has 2 saturated heterocycles. The van der Waals surface area contributed by atoms with Gasteiger partial charge < -0.3 is 25.8 Å². The SMILES string of the molecule is O=C1N(C2CCCC2)CCC12Cc1cnc(Nc3ccc(N4CCNCC4)cn3)nc1N2. The number of hydrogen-bond acceptors (Lipinski definition) is 8. The molecule has 1 unspecified atom stereocenters. The number of nitrogens with one attached hydrogen (secondary N) is 3. The molecule has 0 bridgehead atoms. The van der Waals surface area contributed by atoms with Crippen LogP contribution < -0.4 is 20.9 Å². The summed E-state index contributed by atoms with van der Waals surface area (Å²) in [6.07, 6.45) is 9.99. The van der Waals surface area contributed by atoms with Crippen molar-refractivity contribution in [1.29, 1.82) is 0 Å². The van der Waals surface area contributed by atoms with Crippen molar-refractivity contribution in [2.24, 2.45) is 0 Å². The summed E-state index contributed by atoms with van der Waals surface area (Å²) >= 11 is 0. The third-order valence-corrected chi connectivity index (χ3v) is 7.40. The third kappa shape index (κ3) is 3.44. The molecule has 9 heteroatoms. The molecule has 3 N–H and O–H groups in total. The predicted molar refractivity (Wildman–Crippen MR) is 123 cm³/mol. The highest BCUT2D eigenvalue weighted by atomic mass is 16.2. The quantitative estimate of drug-likeness (QED) is 0.671. The summed E-state index contributed by atoms with van der Waals surface area (Å²) < 4.78 is 0. The van der Waals surface area contributed by atoms with Crippen molar-refractivity contribution in [3.63, 3.8) is 0 Å². The summed E-state index contributed by atoms with van der Waals surface area (Å²) in [7, 11) is 0. The minimum atomic E-state index is -0.540. The maximum absolute atomic E-state index is 13.3. The second-order valence-electron chi connectivity index (χ2n) is 9.40. The fourth-order valence-electron chi connectivity index (χ4n) is 5.62. The number of carbonyl (C=O) groups is 1. The molecule has 0 radical (unpaired) electrons. The molecular weight excluding hydrogens is 404 g/mol. The van der Waals surface area contributed by atoms with Crippen LogP contribution in [0.25, 0.3) is 0 Å². The van der Waals surface area contributed by atoms with Gasteiger partial charge in [0.1, 0.15) is 17.2 Å². The van der Waals surface area contributed by atoms with Crippen molar-refractivity contribution in [3.05, 3.63) is 30.1 Å². The minimum absolute atomic E-state index is 0.238. The predicted octanol–water partition coefficient (Wildman–Crippen LogP) is 1.91. The number of fused-ring (bicyclic) bond motifs is 1. The lowest BCUT2D eigenvalue weighted by atomic mass is 9.94. The van der Waals surface area contributed by atoms with Gasteiger partial charge in [0.25, 0.3) is 0 Å². The van der Waals surface area contributed by atoms with Crippen molar-refractivity contribution in [1.82, 2.24) is 25.2 Å². The number of likely N-dealkylation sites (tertiary alicyclic amines) is 1. The first-order valence-electron chi connectivity index (χ1n) is 11.8. The van der Waals surface area contributed by atoms with Gasteiger partial charge in [-0.3, -0.25) is 4.79 Å². The molecule has 9 nitrogen and oxygen atoms in total. The van der Waals surface area contributed by atoms with Crippen LogP contribution in [0, 0.1) is 0 Å². The average molecular weight is 435 g/mol. The van der Waals surface area contributed by atoms with Crippen molar-refractivity contribution in [2.75, 3.05) is 48.3 Å². The highest BCUT2D eigenvalue weighted by Gasteiger charge is 2.52. The van der Waals surface area contributed by atoms with Crippen molar-refractivity contribution in [3.8, 4) is 0 Å². The minimum Gasteiger partial charge on any atom is -0.368 e. The number of pyridine rings is 1. The molecule has 1 atom stereocenters. The van der Waals surface area contributed by atoms with Crippen molar-refractivity contribution in [2.45, 2.75) is 50.1 Å². The number of hydrogen-bond donors (Lipinski definition) is 3. The molecule has 1 amide bonds. The fourth-order valence-corrected chi connectivity index (χ4v) is 5.62. The van der Waals surface area contributed by atoms with E-state index in [0.29, 0.717) is 24.2 Å². The van der Waals surface area contributed by atoms with E-state index >= 15 is 0 Å². The Hall–Kier alpha value is -2.94. The van der Waals surface area contributed by atoms with Gasteiger partial charge >= 0.3 is 0 Å². The molecule has 2 aromatic rings. The molecule has 3 fully saturated rings. The molecule has 5 heterocycles. The van der Waals surface area contributed by atoms with E-state index in [9.17, 15) is 4.79 Å². The Balaban J connectivity index is 1.14. The average Bonchev–Trinajstić information content (AvgIpc) is 3.55. The topological polar surface area (TPSA) is 98.3 Å². The van der Waals surface area contributed by atoms with E-state index in [0.717, 1.165) is 69.1 Å². The molecule has 168 valence electrons. The fraction of sp³-hybridized carbons (Fsp3) is 0.565. The Kier molecular flexibility index (Phi) is 4.86. The van der Waals surface area contributed by atoms with E-state index in [1.807, 2.05) is 18.5 Å². The molecule has 1 saturated carbocycles. The number of aromatic nitrogens is 3. The maximum Gasteiger partial charge on any atom is 0.248 e. The zero-order valence-electron chi connectivity index (χ0n) is 18.3. The summed E-state index contributed by atoms with van der Waals surface area (Å²) in [5.74, 6) is 2.21. The van der Waals surface area contributed by atoms with Crippen molar-refractivity contribution < 1.29 is 4.79 Å². The zero-order chi connectivity index (χ0) is 21.5. The largest absolute Gasteiger partial charge is 0.368 e. The van der Waals surface area contributed by atoms with Gasteiger partial charge in [-0.15, -0.1) is 0 Å². The summed E-state index contributed by atoms with van der Waals surface area (Å²) in [6, 6.07) is 4.46. The van der Waals surface area contributed by atoms with Gasteiger partial charge in [-0.2, -0.15) is 4.98 Å². The number of piperazine rings is 1. The summed E-state index contributed by atoms with van der Waals surface area (Å²) in [6.45, 7) is 4.82. The molecule has 32 heavy (non-hydrogen) atoms. The molecule has 0 aromatic carbocycles. The molecule has 2 aromatic heterocycles. The molecule has 3 aliphatic heterocycles. The monoisotopic (exact) mass is 434 g/mol. The Labute approximate surface area is 188 Å². The van der Waals surface area contributed by atoms with Crippen LogP contribution in [0.4, 0.5) is 23.3 Å². The number of carbonyl (C=O) groups excluding carboxylic acids is 1. The third-order valence-electron chi connectivity index (χ3n) is 7.40. The highest BCUT2D eigenvalue weighted by Crippen LogP contribution is 2.40. The Bertz CT molecular complexity index is 1000. The second kappa shape index (κ2) is 7.88. The smallest absolute Gasteiger partial charge is 0.248 e. The lowest BCUT2D eigenvalue weighted by Crippen LogP contribution is -2.47. The number of anilines is 4. The standard InChI is InChI=1S/C23H30N8O/c32-21-23(7-10-31(21)17-3-1-2-4-17)13-16-14-26-22(28-20(16)29-23)27-19-6-5-18(15-25-19)30-11-8-24-9-12-30/h5-6,14-15,17,24H,1-4,7-13H2,(H2,25,26,27,28,29). The van der Waals surface area contributed by atoms with Gasteiger partial charge in [0, 0.05) is 56.9 Å². The zero-order valence-corrected chi connectivity index (χ0v) is 18.3. The van der Waals surface area contributed by atoms with E-state index in [1.54, 1.807) is 0 Å². The van der Waals surface area contributed by atoms with E-state index in [4.69, 9.17) is 0 Å². The summed E-state index contributed by atoms with van der Waals surface area (Å²) in [4.78, 5) is 31.5. The van der Waals surface area contributed by atoms with Crippen LogP contribution in [0.1, 0.15) is 37.7 Å². The van der Waals surface area contributed by atoms with Gasteiger partial charge in [-0.1, -0.05) is 12.8 Å². The van der Waals surface area contributed by atoms with E-state index in [2.05, 4.69) is 46.8 Å². The Morgan fingerprint density at radius 2 is 1.91 bits per heavy atom. The van der Waals surface area contributed by atoms with E-state index < -0.39 is 5.54 Å². The van der Waals surface area contributed by atoms with Crippen LogP contribution >= 0.6 is 0 Å². The van der Waals surface area contributed by atoms with Gasteiger partial charge in [0.2, 0.25) is 11.9 Å². The Morgan fingerprint density at radius 3 is 2.69 bits per heavy atom. The number of nitrogens with zero attached hydrogens (tertiary/aromatic N) is 5. The lowest BCUT2D eigenvalue weighted by molar-refractivity contribution is -0.133. The van der Waals surface area contributed by atoms with Crippen LogP contribution in [0.2, 0.25) is 0 Å². The van der Waals surface area contributed by atoms with Crippen LogP contribution in [0.5, 0.6) is 0 Å². The van der Waals surface area contributed by atoms with E-state index in [1.165, 1.54) is 12.8 Å². The lowest BCUT2D eigenvalue weighted by Gasteiger charge is -2.29. The maximum atomic E-state index is 13.3. The molecule has 6 rings (SSSR count). The van der Waals surface area contributed by atoms with Gasteiger partial charge in [-0.05, 0) is 31.4 Å². The summed E-state index contributed by atoms with van der Waals surface area (Å²) in [5.41, 5.74) is 1.60. The van der Waals surface area contributed by atoms with Gasteiger partial charge in [-0.25, -0.2) is 9.97 Å². The molecule has 1 spiro atoms. The highest BCUT2D eigenvalue weighted by molar-refractivity contribution is 5.94. The molecular formula is C23H30N8O. The summed E-state index contributed by atoms with van der Waals surface area (Å²) in [5, 5.41) is 10.0. The van der Waals surface area contributed by atoms with Gasteiger partial charge in [0.15, 0.2) is 0 Å². The van der Waals surface area contributed by atoms with E-state index in [-0.39, 0.29) is 5.91 Å². The first kappa shape index (κ1) is 19.7. The Morgan fingerprint density at radius 1 is 1.06 bits per heavy atom. The molecule has 1 aliphatic carbocycles. The van der Waals surface area contributed by atoms with Crippen LogP contribution in [-0.2, 0) is 11.2 Å². The number of rotatable bonds is 4. The van der Waals surface area contributed by atoms with Crippen LogP contribution in [-0.4, -0.2) is 70.1 Å². The molecule has 4 aliphatic rings. The van der Waals surface area contributed by atoms with Crippen LogP contribution in [0.3, 0.4) is 0 Å². The first-order chi connectivity index (χ1) is 15.7. The second-order valence-corrected chi connectivity index (χ2v) is 9.40. The number of amides is 1. The normalized spacial score (nSPS) is 25.4. The first-order valence-corrected chi connectivity index (χ1v) is 11.8. The van der Waals surface area contributed by atoms with Crippen LogP contribution in [0.15, 0.2) is 24.5 Å². The van der Waals surface area contributed by atoms with Gasteiger partial charge in [0.05, 0.1) is 11.9 Å². The van der Waals surface area contributed by atoms with Crippen molar-refractivity contribution >= 4 is 29.2 Å².